The van der Waals surface area contributed by atoms with E-state index in [1.807, 2.05) is 30.3 Å². The number of Topliss-reactive ketones (excluding diaryl/α,β-unsaturated/α-hetero) is 1. The largest absolute Gasteiger partial charge is 0.497 e. The number of hydrogen-bond donors (Lipinski definition) is 0. The summed E-state index contributed by atoms with van der Waals surface area (Å²) in [4.78, 5) is 13.3. The van der Waals surface area contributed by atoms with Crippen molar-refractivity contribution in [1.29, 1.82) is 0 Å². The van der Waals surface area contributed by atoms with Crippen LogP contribution in [-0.4, -0.2) is 20.0 Å². The number of carbonyl (C=O) groups is 1. The minimum Gasteiger partial charge on any atom is -0.497 e. The molecule has 0 bridgehead atoms. The molecule has 3 nitrogen and oxygen atoms in total. The maximum absolute atomic E-state index is 13.3. The summed E-state index contributed by atoms with van der Waals surface area (Å²) < 4.78 is 10.9. The van der Waals surface area contributed by atoms with Crippen LogP contribution in [0, 0.1) is 5.92 Å². The highest BCUT2D eigenvalue weighted by Crippen LogP contribution is 2.52. The zero-order valence-electron chi connectivity index (χ0n) is 14.2. The Morgan fingerprint density at radius 1 is 1.08 bits per heavy atom. The number of fused-ring (bicyclic) bond motifs is 3. The minimum atomic E-state index is -0.109. The molecule has 128 valence electrons. The molecule has 4 rings (SSSR count). The van der Waals surface area contributed by atoms with Crippen LogP contribution in [0.25, 0.3) is 0 Å². The van der Waals surface area contributed by atoms with Gasteiger partial charge in [0, 0.05) is 22.9 Å². The maximum Gasteiger partial charge on any atom is 0.171 e. The molecule has 0 saturated heterocycles. The van der Waals surface area contributed by atoms with Gasteiger partial charge in [0.1, 0.15) is 11.5 Å². The number of benzene rings is 2. The first-order valence-corrected chi connectivity index (χ1v) is 8.74. The molecule has 2 aliphatic rings. The number of ether oxygens (including phenoxy) is 2. The van der Waals surface area contributed by atoms with Crippen LogP contribution in [0.15, 0.2) is 48.6 Å². The Kier molecular flexibility index (Phi) is 4.04. The molecule has 0 unspecified atom stereocenters. The maximum atomic E-state index is 13.3. The molecule has 0 amide bonds. The Balaban J connectivity index is 1.82. The van der Waals surface area contributed by atoms with Gasteiger partial charge in [-0.1, -0.05) is 35.9 Å². The second kappa shape index (κ2) is 6.23. The van der Waals surface area contributed by atoms with Crippen LogP contribution in [0.1, 0.15) is 39.7 Å². The number of rotatable bonds is 3. The van der Waals surface area contributed by atoms with E-state index >= 15 is 0 Å². The van der Waals surface area contributed by atoms with Crippen molar-refractivity contribution in [2.24, 2.45) is 5.92 Å². The number of carbonyl (C=O) groups excluding carboxylic acids is 1. The fraction of sp³-hybridized carbons (Fsp3) is 0.286. The van der Waals surface area contributed by atoms with E-state index in [-0.39, 0.29) is 23.5 Å². The molecule has 25 heavy (non-hydrogen) atoms. The van der Waals surface area contributed by atoms with Crippen molar-refractivity contribution in [1.82, 2.24) is 0 Å². The van der Waals surface area contributed by atoms with Gasteiger partial charge in [0.2, 0.25) is 0 Å². The molecule has 3 atom stereocenters. The molecule has 0 aromatic heterocycles. The summed E-state index contributed by atoms with van der Waals surface area (Å²) in [6.45, 7) is 0. The molecular formula is C21H19ClO3. The van der Waals surface area contributed by atoms with Crippen LogP contribution >= 0.6 is 11.6 Å². The van der Waals surface area contributed by atoms with Gasteiger partial charge in [-0.3, -0.25) is 4.79 Å². The lowest BCUT2D eigenvalue weighted by molar-refractivity contribution is 0.0904. The lowest BCUT2D eigenvalue weighted by Crippen LogP contribution is -2.24. The lowest BCUT2D eigenvalue weighted by atomic mass is 9.73. The van der Waals surface area contributed by atoms with Crippen molar-refractivity contribution in [3.63, 3.8) is 0 Å². The third-order valence-electron chi connectivity index (χ3n) is 5.32. The number of hydrogen-bond acceptors (Lipinski definition) is 3. The topological polar surface area (TPSA) is 35.5 Å². The van der Waals surface area contributed by atoms with Crippen molar-refractivity contribution >= 4 is 17.4 Å². The Labute approximate surface area is 152 Å². The Morgan fingerprint density at radius 2 is 1.84 bits per heavy atom. The molecule has 0 radical (unpaired) electrons. The van der Waals surface area contributed by atoms with E-state index in [2.05, 4.69) is 12.2 Å². The Morgan fingerprint density at radius 3 is 2.52 bits per heavy atom. The zero-order valence-corrected chi connectivity index (χ0v) is 14.9. The van der Waals surface area contributed by atoms with Crippen molar-refractivity contribution in [3.05, 3.63) is 70.3 Å². The van der Waals surface area contributed by atoms with Crippen LogP contribution < -0.4 is 9.47 Å². The van der Waals surface area contributed by atoms with E-state index in [9.17, 15) is 4.79 Å². The summed E-state index contributed by atoms with van der Waals surface area (Å²) >= 11 is 6.03. The number of allylic oxidation sites excluding steroid dienone is 2. The SMILES string of the molecule is COc1cc(OC)c2c(c1)[C@H]1C=CC[C@H](c3ccc(Cl)cc3)[C@H]1C2=O. The summed E-state index contributed by atoms with van der Waals surface area (Å²) in [7, 11) is 3.22. The van der Waals surface area contributed by atoms with Gasteiger partial charge >= 0.3 is 0 Å². The van der Waals surface area contributed by atoms with E-state index < -0.39 is 0 Å². The fourth-order valence-corrected chi connectivity index (χ4v) is 4.29. The molecular weight excluding hydrogens is 336 g/mol. The van der Waals surface area contributed by atoms with Crippen LogP contribution in [0.2, 0.25) is 5.02 Å². The summed E-state index contributed by atoms with van der Waals surface area (Å²) in [5.74, 6) is 1.55. The first-order chi connectivity index (χ1) is 12.1. The minimum absolute atomic E-state index is 0.0564. The normalized spacial score (nSPS) is 24.0. The zero-order chi connectivity index (χ0) is 17.6. The molecule has 0 aliphatic heterocycles. The van der Waals surface area contributed by atoms with Gasteiger partial charge in [-0.25, -0.2) is 0 Å². The molecule has 0 fully saturated rings. The Hall–Kier alpha value is -2.26. The van der Waals surface area contributed by atoms with Crippen LogP contribution in [0.3, 0.4) is 0 Å². The van der Waals surface area contributed by atoms with Crippen molar-refractivity contribution in [2.75, 3.05) is 14.2 Å². The van der Waals surface area contributed by atoms with Crippen molar-refractivity contribution in [3.8, 4) is 11.5 Å². The van der Waals surface area contributed by atoms with E-state index in [0.29, 0.717) is 22.1 Å². The van der Waals surface area contributed by atoms with Crippen molar-refractivity contribution < 1.29 is 14.3 Å². The fourth-order valence-electron chi connectivity index (χ4n) is 4.17. The monoisotopic (exact) mass is 354 g/mol. The highest BCUT2D eigenvalue weighted by atomic mass is 35.5. The molecule has 0 N–H and O–H groups in total. The Bertz CT molecular complexity index is 854. The highest BCUT2D eigenvalue weighted by Gasteiger charge is 2.46. The second-order valence-electron chi connectivity index (χ2n) is 6.53. The summed E-state index contributed by atoms with van der Waals surface area (Å²) in [6, 6.07) is 11.6. The average Bonchev–Trinajstić information content (AvgIpc) is 2.94. The molecule has 2 aromatic rings. The first-order valence-electron chi connectivity index (χ1n) is 8.36. The van der Waals surface area contributed by atoms with E-state index in [4.69, 9.17) is 21.1 Å². The number of methoxy groups -OCH3 is 2. The highest BCUT2D eigenvalue weighted by molar-refractivity contribution is 6.30. The smallest absolute Gasteiger partial charge is 0.171 e. The third-order valence-corrected chi connectivity index (χ3v) is 5.57. The summed E-state index contributed by atoms with van der Waals surface area (Å²) in [5.41, 5.74) is 2.85. The predicted molar refractivity (Wildman–Crippen MR) is 98.1 cm³/mol. The van der Waals surface area contributed by atoms with Gasteiger partial charge in [-0.15, -0.1) is 0 Å². The number of halogens is 1. The second-order valence-corrected chi connectivity index (χ2v) is 6.97. The van der Waals surface area contributed by atoms with Gasteiger partial charge in [0.05, 0.1) is 19.8 Å². The quantitative estimate of drug-likeness (QED) is 0.728. The van der Waals surface area contributed by atoms with Gasteiger partial charge in [0.15, 0.2) is 5.78 Å². The summed E-state index contributed by atoms with van der Waals surface area (Å²) in [5, 5.41) is 0.707. The molecule has 0 spiro atoms. The van der Waals surface area contributed by atoms with Gasteiger partial charge in [-0.05, 0) is 41.7 Å². The van der Waals surface area contributed by atoms with Crippen LogP contribution in [0.5, 0.6) is 11.5 Å². The van der Waals surface area contributed by atoms with Crippen LogP contribution in [0.4, 0.5) is 0 Å². The van der Waals surface area contributed by atoms with Gasteiger partial charge in [0.25, 0.3) is 0 Å². The van der Waals surface area contributed by atoms with E-state index in [1.165, 1.54) is 0 Å². The molecule has 0 heterocycles. The lowest BCUT2D eigenvalue weighted by Gasteiger charge is -2.29. The molecule has 4 heteroatoms. The third kappa shape index (κ3) is 2.54. The molecule has 0 saturated carbocycles. The van der Waals surface area contributed by atoms with Gasteiger partial charge in [-0.2, -0.15) is 0 Å². The number of ketones is 1. The van der Waals surface area contributed by atoms with E-state index in [0.717, 1.165) is 17.5 Å². The molecule has 2 aliphatic carbocycles. The van der Waals surface area contributed by atoms with Gasteiger partial charge < -0.3 is 9.47 Å². The summed E-state index contributed by atoms with van der Waals surface area (Å²) in [6.07, 6.45) is 5.18. The molecule has 2 aromatic carbocycles. The van der Waals surface area contributed by atoms with E-state index in [1.54, 1.807) is 20.3 Å². The first kappa shape index (κ1) is 16.2. The predicted octanol–water partition coefficient (Wildman–Crippen LogP) is 5.00. The van der Waals surface area contributed by atoms with Crippen LogP contribution in [-0.2, 0) is 0 Å². The average molecular weight is 355 g/mol. The van der Waals surface area contributed by atoms with Crippen molar-refractivity contribution in [2.45, 2.75) is 18.3 Å². The standard InChI is InChI=1S/C21H19ClO3/c1-24-14-10-17-16-5-3-4-15(12-6-8-13(22)9-7-12)19(16)21(23)20(17)18(11-14)25-2/h3,5-11,15-16,19H,4H2,1-2H3/t15-,16-,19-/m1/s1.